The van der Waals surface area contributed by atoms with Gasteiger partial charge in [-0.15, -0.1) is 0 Å². The van der Waals surface area contributed by atoms with Gasteiger partial charge in [0.15, 0.2) is 0 Å². The normalized spacial score (nSPS) is 17.7. The monoisotopic (exact) mass is 210 g/mol. The van der Waals surface area contributed by atoms with E-state index in [0.29, 0.717) is 17.4 Å². The average Bonchev–Trinajstić information content (AvgIpc) is 2.24. The van der Waals surface area contributed by atoms with Crippen molar-refractivity contribution in [2.45, 2.75) is 18.9 Å². The van der Waals surface area contributed by atoms with Crippen molar-refractivity contribution in [1.82, 2.24) is 0 Å². The third-order valence-electron chi connectivity index (χ3n) is 2.57. The zero-order valence-corrected chi connectivity index (χ0v) is 8.50. The van der Waals surface area contributed by atoms with Crippen LogP contribution in [0.15, 0.2) is 18.2 Å². The summed E-state index contributed by atoms with van der Waals surface area (Å²) in [5.41, 5.74) is 6.45. The Balaban J connectivity index is 2.03. The van der Waals surface area contributed by atoms with Crippen molar-refractivity contribution in [3.63, 3.8) is 0 Å². The first-order valence-electron chi connectivity index (χ1n) is 5.15. The maximum atomic E-state index is 13.4. The van der Waals surface area contributed by atoms with Gasteiger partial charge in [-0.3, -0.25) is 0 Å². The summed E-state index contributed by atoms with van der Waals surface area (Å²) in [5.74, 6) is -0.290. The van der Waals surface area contributed by atoms with Gasteiger partial charge in [-0.25, -0.2) is 4.39 Å². The van der Waals surface area contributed by atoms with Crippen molar-refractivity contribution in [3.8, 4) is 0 Å². The average molecular weight is 210 g/mol. The van der Waals surface area contributed by atoms with Gasteiger partial charge in [-0.1, -0.05) is 0 Å². The molecule has 1 heterocycles. The number of rotatable bonds is 2. The molecule has 1 aromatic carbocycles. The molecule has 2 rings (SSSR count). The summed E-state index contributed by atoms with van der Waals surface area (Å²) >= 11 is 0. The van der Waals surface area contributed by atoms with Crippen LogP contribution in [-0.2, 0) is 4.74 Å². The summed E-state index contributed by atoms with van der Waals surface area (Å²) in [6.07, 6.45) is 1.84. The molecule has 0 radical (unpaired) electrons. The third-order valence-corrected chi connectivity index (χ3v) is 2.57. The van der Waals surface area contributed by atoms with E-state index in [-0.39, 0.29) is 5.82 Å². The Labute approximate surface area is 88.4 Å². The van der Waals surface area contributed by atoms with Crippen molar-refractivity contribution >= 4 is 11.4 Å². The van der Waals surface area contributed by atoms with Crippen molar-refractivity contribution in [2.75, 3.05) is 24.3 Å². The third kappa shape index (κ3) is 2.59. The molecule has 0 bridgehead atoms. The molecule has 0 aromatic heterocycles. The lowest BCUT2D eigenvalue weighted by Gasteiger charge is -2.24. The van der Waals surface area contributed by atoms with E-state index in [0.717, 1.165) is 26.1 Å². The van der Waals surface area contributed by atoms with E-state index in [9.17, 15) is 4.39 Å². The van der Waals surface area contributed by atoms with Gasteiger partial charge in [0, 0.05) is 24.9 Å². The largest absolute Gasteiger partial charge is 0.399 e. The highest BCUT2D eigenvalue weighted by Crippen LogP contribution is 2.20. The van der Waals surface area contributed by atoms with Gasteiger partial charge in [0.05, 0.1) is 5.69 Å². The Morgan fingerprint density at radius 2 is 2.07 bits per heavy atom. The zero-order valence-electron chi connectivity index (χ0n) is 8.50. The summed E-state index contributed by atoms with van der Waals surface area (Å²) in [7, 11) is 0. The molecule has 15 heavy (non-hydrogen) atoms. The highest BCUT2D eigenvalue weighted by Gasteiger charge is 2.14. The minimum atomic E-state index is -0.290. The van der Waals surface area contributed by atoms with E-state index in [1.54, 1.807) is 12.1 Å². The second-order valence-corrected chi connectivity index (χ2v) is 3.77. The molecule has 0 saturated carbocycles. The first kappa shape index (κ1) is 10.2. The van der Waals surface area contributed by atoms with E-state index >= 15 is 0 Å². The lowest BCUT2D eigenvalue weighted by molar-refractivity contribution is 0.0904. The lowest BCUT2D eigenvalue weighted by atomic mass is 10.1. The van der Waals surface area contributed by atoms with E-state index in [1.807, 2.05) is 0 Å². The predicted molar refractivity (Wildman–Crippen MR) is 58.3 cm³/mol. The van der Waals surface area contributed by atoms with Crippen LogP contribution in [0, 0.1) is 5.82 Å². The van der Waals surface area contributed by atoms with Crippen LogP contribution in [0.25, 0.3) is 0 Å². The maximum absolute atomic E-state index is 13.4. The van der Waals surface area contributed by atoms with Crippen LogP contribution in [-0.4, -0.2) is 19.3 Å². The Morgan fingerprint density at radius 1 is 1.33 bits per heavy atom. The molecule has 4 heteroatoms. The fraction of sp³-hybridized carbons (Fsp3) is 0.455. The number of ether oxygens (including phenoxy) is 1. The van der Waals surface area contributed by atoms with Crippen molar-refractivity contribution in [1.29, 1.82) is 0 Å². The molecule has 82 valence electrons. The molecule has 1 aliphatic rings. The SMILES string of the molecule is Nc1ccc(NC2CCOCC2)c(F)c1. The van der Waals surface area contributed by atoms with Gasteiger partial charge in [-0.2, -0.15) is 0 Å². The topological polar surface area (TPSA) is 47.3 Å². The molecule has 1 aliphatic heterocycles. The van der Waals surface area contributed by atoms with E-state index in [2.05, 4.69) is 5.32 Å². The van der Waals surface area contributed by atoms with E-state index in [1.165, 1.54) is 6.07 Å². The summed E-state index contributed by atoms with van der Waals surface area (Å²) in [6.45, 7) is 1.49. The lowest BCUT2D eigenvalue weighted by Crippen LogP contribution is -2.28. The Kier molecular flexibility index (Phi) is 3.06. The number of halogens is 1. The first-order chi connectivity index (χ1) is 7.25. The smallest absolute Gasteiger partial charge is 0.148 e. The van der Waals surface area contributed by atoms with Gasteiger partial charge < -0.3 is 15.8 Å². The van der Waals surface area contributed by atoms with Crippen LogP contribution >= 0.6 is 0 Å². The molecule has 1 fully saturated rings. The van der Waals surface area contributed by atoms with Gasteiger partial charge >= 0.3 is 0 Å². The number of nitrogens with one attached hydrogen (secondary N) is 1. The Morgan fingerprint density at radius 3 is 2.73 bits per heavy atom. The number of benzene rings is 1. The van der Waals surface area contributed by atoms with Crippen molar-refractivity contribution in [3.05, 3.63) is 24.0 Å². The number of nitrogens with two attached hydrogens (primary N) is 1. The number of anilines is 2. The Bertz CT molecular complexity index is 337. The van der Waals surface area contributed by atoms with Crippen molar-refractivity contribution < 1.29 is 9.13 Å². The van der Waals surface area contributed by atoms with Crippen LogP contribution in [0.5, 0.6) is 0 Å². The fourth-order valence-corrected chi connectivity index (χ4v) is 1.71. The second-order valence-electron chi connectivity index (χ2n) is 3.77. The second kappa shape index (κ2) is 4.49. The van der Waals surface area contributed by atoms with Gasteiger partial charge in [0.25, 0.3) is 0 Å². The summed E-state index contributed by atoms with van der Waals surface area (Å²) in [6, 6.07) is 5.02. The molecule has 0 amide bonds. The quantitative estimate of drug-likeness (QED) is 0.734. The summed E-state index contributed by atoms with van der Waals surface area (Å²) < 4.78 is 18.7. The molecule has 0 aliphatic carbocycles. The molecule has 0 spiro atoms. The Hall–Kier alpha value is -1.29. The minimum Gasteiger partial charge on any atom is -0.399 e. The number of nitrogen functional groups attached to an aromatic ring is 1. The van der Waals surface area contributed by atoms with Gasteiger partial charge in [-0.05, 0) is 31.0 Å². The molecule has 3 N–H and O–H groups in total. The van der Waals surface area contributed by atoms with Gasteiger partial charge in [0.1, 0.15) is 5.82 Å². The molecular formula is C11H15FN2O. The minimum absolute atomic E-state index is 0.290. The van der Waals surface area contributed by atoms with Crippen LogP contribution in [0.1, 0.15) is 12.8 Å². The summed E-state index contributed by atoms with van der Waals surface area (Å²) in [4.78, 5) is 0. The molecule has 0 unspecified atom stereocenters. The highest BCUT2D eigenvalue weighted by atomic mass is 19.1. The van der Waals surface area contributed by atoms with Gasteiger partial charge in [0.2, 0.25) is 0 Å². The standard InChI is InChI=1S/C11H15FN2O/c12-10-7-8(13)1-2-11(10)14-9-3-5-15-6-4-9/h1-2,7,9,14H,3-6,13H2. The fourth-order valence-electron chi connectivity index (χ4n) is 1.71. The molecular weight excluding hydrogens is 195 g/mol. The molecule has 1 saturated heterocycles. The van der Waals surface area contributed by atoms with Crippen LogP contribution < -0.4 is 11.1 Å². The summed E-state index contributed by atoms with van der Waals surface area (Å²) in [5, 5.41) is 3.17. The molecule has 0 atom stereocenters. The number of hydrogen-bond donors (Lipinski definition) is 2. The van der Waals surface area contributed by atoms with E-state index < -0.39 is 0 Å². The van der Waals surface area contributed by atoms with Crippen molar-refractivity contribution in [2.24, 2.45) is 0 Å². The van der Waals surface area contributed by atoms with E-state index in [4.69, 9.17) is 10.5 Å². The van der Waals surface area contributed by atoms with Crippen LogP contribution in [0.4, 0.5) is 15.8 Å². The van der Waals surface area contributed by atoms with Crippen LogP contribution in [0.2, 0.25) is 0 Å². The zero-order chi connectivity index (χ0) is 10.7. The number of hydrogen-bond acceptors (Lipinski definition) is 3. The first-order valence-corrected chi connectivity index (χ1v) is 5.15. The predicted octanol–water partition coefficient (Wildman–Crippen LogP) is 2.00. The highest BCUT2D eigenvalue weighted by molar-refractivity contribution is 5.53. The maximum Gasteiger partial charge on any atom is 0.148 e. The molecule has 3 nitrogen and oxygen atoms in total. The molecule has 1 aromatic rings. The van der Waals surface area contributed by atoms with Crippen LogP contribution in [0.3, 0.4) is 0 Å².